The predicted molar refractivity (Wildman–Crippen MR) is 58.0 cm³/mol. The van der Waals surface area contributed by atoms with E-state index in [1.807, 2.05) is 6.92 Å². The minimum absolute atomic E-state index is 0.138. The molecule has 1 unspecified atom stereocenters. The first-order valence-electron chi connectivity index (χ1n) is 4.61. The van der Waals surface area contributed by atoms with E-state index in [2.05, 4.69) is 31.1 Å². The van der Waals surface area contributed by atoms with Gasteiger partial charge in [0.25, 0.3) is 0 Å². The molecule has 1 atom stereocenters. The van der Waals surface area contributed by atoms with Gasteiger partial charge in [0.05, 0.1) is 10.7 Å². The topological polar surface area (TPSA) is 38.9 Å². The van der Waals surface area contributed by atoms with Crippen LogP contribution in [0.4, 0.5) is 0 Å². The van der Waals surface area contributed by atoms with E-state index in [-0.39, 0.29) is 5.54 Å². The summed E-state index contributed by atoms with van der Waals surface area (Å²) in [7, 11) is 0. The second kappa shape index (κ2) is 3.76. The molecule has 2 nitrogen and oxygen atoms in total. The lowest BCUT2D eigenvalue weighted by Crippen LogP contribution is -2.43. The Morgan fingerprint density at radius 2 is 2.23 bits per heavy atom. The molecule has 1 aromatic heterocycles. The lowest BCUT2D eigenvalue weighted by Gasteiger charge is -2.28. The first kappa shape index (κ1) is 10.7. The summed E-state index contributed by atoms with van der Waals surface area (Å²) >= 11 is 1.69. The number of nitrogens with two attached hydrogens (primary N) is 1. The normalized spacial score (nSPS) is 16.2. The van der Waals surface area contributed by atoms with Gasteiger partial charge in [0.2, 0.25) is 0 Å². The molecule has 0 amide bonds. The third-order valence-corrected chi connectivity index (χ3v) is 3.37. The van der Waals surface area contributed by atoms with Crippen LogP contribution < -0.4 is 5.73 Å². The number of thiazole rings is 1. The molecule has 0 aliphatic rings. The Hall–Kier alpha value is -0.410. The van der Waals surface area contributed by atoms with Gasteiger partial charge >= 0.3 is 0 Å². The minimum atomic E-state index is -0.138. The van der Waals surface area contributed by atoms with Gasteiger partial charge in [-0.25, -0.2) is 4.98 Å². The van der Waals surface area contributed by atoms with Crippen LogP contribution in [0.3, 0.4) is 0 Å². The molecule has 2 N–H and O–H groups in total. The average molecular weight is 198 g/mol. The van der Waals surface area contributed by atoms with Crippen LogP contribution in [0.2, 0.25) is 0 Å². The van der Waals surface area contributed by atoms with E-state index in [4.69, 9.17) is 5.73 Å². The van der Waals surface area contributed by atoms with Crippen LogP contribution in [0.1, 0.15) is 31.5 Å². The fourth-order valence-corrected chi connectivity index (χ4v) is 1.70. The van der Waals surface area contributed by atoms with E-state index in [0.29, 0.717) is 5.92 Å². The van der Waals surface area contributed by atoms with Crippen molar-refractivity contribution in [3.05, 3.63) is 16.1 Å². The molecule has 0 aromatic carbocycles. The zero-order chi connectivity index (χ0) is 10.1. The van der Waals surface area contributed by atoms with E-state index >= 15 is 0 Å². The summed E-state index contributed by atoms with van der Waals surface area (Å²) in [5.41, 5.74) is 7.15. The van der Waals surface area contributed by atoms with Gasteiger partial charge in [0.15, 0.2) is 0 Å². The van der Waals surface area contributed by atoms with Crippen molar-refractivity contribution >= 4 is 11.3 Å². The Bertz CT molecular complexity index is 276. The van der Waals surface area contributed by atoms with Crippen molar-refractivity contribution in [2.75, 3.05) is 0 Å². The molecule has 0 spiro atoms. The lowest BCUT2D eigenvalue weighted by atomic mass is 9.85. The Balaban J connectivity index is 2.68. The van der Waals surface area contributed by atoms with E-state index in [9.17, 15) is 0 Å². The van der Waals surface area contributed by atoms with Crippen LogP contribution in [-0.4, -0.2) is 10.5 Å². The molecule has 13 heavy (non-hydrogen) atoms. The fourth-order valence-electron chi connectivity index (χ4n) is 1.08. The maximum atomic E-state index is 6.17. The molecule has 0 aliphatic carbocycles. The van der Waals surface area contributed by atoms with E-state index in [1.54, 1.807) is 11.3 Å². The zero-order valence-electron chi connectivity index (χ0n) is 8.79. The van der Waals surface area contributed by atoms with Gasteiger partial charge in [-0.05, 0) is 19.8 Å². The summed E-state index contributed by atoms with van der Waals surface area (Å²) < 4.78 is 0. The molecule has 3 heteroatoms. The molecular formula is C10H18N2S. The Kier molecular flexibility index (Phi) is 3.09. The maximum Gasteiger partial charge on any atom is 0.0897 e. The standard InChI is InChI=1S/C10H18N2S/c1-7(2)10(4,11)5-9-6-13-8(3)12-9/h6-7H,5,11H2,1-4H3. The van der Waals surface area contributed by atoms with Crippen molar-refractivity contribution in [3.8, 4) is 0 Å². The fraction of sp³-hybridized carbons (Fsp3) is 0.700. The number of hydrogen-bond acceptors (Lipinski definition) is 3. The molecule has 1 rings (SSSR count). The largest absolute Gasteiger partial charge is 0.325 e. The van der Waals surface area contributed by atoms with Crippen molar-refractivity contribution in [1.29, 1.82) is 0 Å². The summed E-state index contributed by atoms with van der Waals surface area (Å²) in [5, 5.41) is 3.22. The van der Waals surface area contributed by atoms with Crippen molar-refractivity contribution in [2.24, 2.45) is 11.7 Å². The van der Waals surface area contributed by atoms with Gasteiger partial charge in [-0.1, -0.05) is 13.8 Å². The highest BCUT2D eigenvalue weighted by Gasteiger charge is 2.24. The summed E-state index contributed by atoms with van der Waals surface area (Å²) in [4.78, 5) is 4.42. The van der Waals surface area contributed by atoms with E-state index in [1.165, 1.54) is 0 Å². The van der Waals surface area contributed by atoms with Gasteiger partial charge in [-0.15, -0.1) is 11.3 Å². The smallest absolute Gasteiger partial charge is 0.0897 e. The van der Waals surface area contributed by atoms with Gasteiger partial charge in [0, 0.05) is 17.3 Å². The Labute approximate surface area is 84.2 Å². The quantitative estimate of drug-likeness (QED) is 0.810. The third kappa shape index (κ3) is 2.78. The molecule has 1 heterocycles. The van der Waals surface area contributed by atoms with Crippen LogP contribution in [0.25, 0.3) is 0 Å². The van der Waals surface area contributed by atoms with Gasteiger partial charge in [-0.2, -0.15) is 0 Å². The molecule has 0 fully saturated rings. The van der Waals surface area contributed by atoms with Crippen molar-refractivity contribution in [2.45, 2.75) is 39.7 Å². The molecule has 0 saturated carbocycles. The summed E-state index contributed by atoms with van der Waals surface area (Å²) in [6, 6.07) is 0. The third-order valence-electron chi connectivity index (χ3n) is 2.55. The van der Waals surface area contributed by atoms with E-state index < -0.39 is 0 Å². The SMILES string of the molecule is Cc1nc(CC(C)(N)C(C)C)cs1. The molecule has 0 aliphatic heterocycles. The number of aromatic nitrogens is 1. The monoisotopic (exact) mass is 198 g/mol. The number of nitrogens with zero attached hydrogens (tertiary/aromatic N) is 1. The van der Waals surface area contributed by atoms with Gasteiger partial charge in [0.1, 0.15) is 0 Å². The van der Waals surface area contributed by atoms with Crippen LogP contribution >= 0.6 is 11.3 Å². The summed E-state index contributed by atoms with van der Waals surface area (Å²) in [6.45, 7) is 8.42. The Morgan fingerprint density at radius 1 is 1.62 bits per heavy atom. The van der Waals surface area contributed by atoms with Gasteiger partial charge in [-0.3, -0.25) is 0 Å². The van der Waals surface area contributed by atoms with Gasteiger partial charge < -0.3 is 5.73 Å². The zero-order valence-corrected chi connectivity index (χ0v) is 9.61. The molecule has 1 aromatic rings. The maximum absolute atomic E-state index is 6.17. The van der Waals surface area contributed by atoms with Crippen LogP contribution in [0, 0.1) is 12.8 Å². The predicted octanol–water partition coefficient (Wildman–Crippen LogP) is 2.37. The van der Waals surface area contributed by atoms with Crippen LogP contribution in [-0.2, 0) is 6.42 Å². The molecule has 74 valence electrons. The van der Waals surface area contributed by atoms with Crippen molar-refractivity contribution in [1.82, 2.24) is 4.98 Å². The highest BCUT2D eigenvalue weighted by Crippen LogP contribution is 2.20. The van der Waals surface area contributed by atoms with Crippen LogP contribution in [0.15, 0.2) is 5.38 Å². The average Bonchev–Trinajstić information content (AvgIpc) is 2.34. The molecular weight excluding hydrogens is 180 g/mol. The summed E-state index contributed by atoms with van der Waals surface area (Å²) in [6.07, 6.45) is 0.870. The minimum Gasteiger partial charge on any atom is -0.325 e. The Morgan fingerprint density at radius 3 is 2.62 bits per heavy atom. The number of aryl methyl sites for hydroxylation is 1. The number of hydrogen-bond donors (Lipinski definition) is 1. The molecule has 0 radical (unpaired) electrons. The van der Waals surface area contributed by atoms with Crippen LogP contribution in [0.5, 0.6) is 0 Å². The lowest BCUT2D eigenvalue weighted by molar-refractivity contribution is 0.335. The summed E-state index contributed by atoms with van der Waals surface area (Å²) in [5.74, 6) is 0.481. The first-order chi connectivity index (χ1) is 5.92. The highest BCUT2D eigenvalue weighted by atomic mass is 32.1. The van der Waals surface area contributed by atoms with E-state index in [0.717, 1.165) is 17.1 Å². The molecule has 0 saturated heterocycles. The number of rotatable bonds is 3. The molecule has 0 bridgehead atoms. The second-order valence-electron chi connectivity index (χ2n) is 4.20. The second-order valence-corrected chi connectivity index (χ2v) is 5.26. The van der Waals surface area contributed by atoms with Crippen molar-refractivity contribution < 1.29 is 0 Å². The van der Waals surface area contributed by atoms with Crippen molar-refractivity contribution in [3.63, 3.8) is 0 Å². The highest BCUT2D eigenvalue weighted by molar-refractivity contribution is 7.09. The first-order valence-corrected chi connectivity index (χ1v) is 5.49.